The van der Waals surface area contributed by atoms with Crippen LogP contribution in [0.25, 0.3) is 10.2 Å². The van der Waals surface area contributed by atoms with Crippen LogP contribution in [0.1, 0.15) is 17.9 Å². The summed E-state index contributed by atoms with van der Waals surface area (Å²) in [5.41, 5.74) is 2.24. The van der Waals surface area contributed by atoms with Crippen molar-refractivity contribution in [2.75, 3.05) is 18.4 Å². The van der Waals surface area contributed by atoms with Crippen molar-refractivity contribution >= 4 is 32.7 Å². The first-order valence-corrected chi connectivity index (χ1v) is 8.58. The van der Waals surface area contributed by atoms with Gasteiger partial charge in [-0.05, 0) is 24.1 Å². The van der Waals surface area contributed by atoms with Crippen LogP contribution in [0.3, 0.4) is 0 Å². The number of hydrogen-bond donors (Lipinski definition) is 1. The second-order valence-corrected chi connectivity index (χ2v) is 6.79. The fraction of sp³-hybridized carbons (Fsp3) is 0.222. The molecule has 2 aromatic carbocycles. The van der Waals surface area contributed by atoms with Gasteiger partial charge in [0.2, 0.25) is 0 Å². The summed E-state index contributed by atoms with van der Waals surface area (Å²) in [6, 6.07) is 18.3. The number of fused-ring (bicyclic) bond motifs is 1. The predicted octanol–water partition coefficient (Wildman–Crippen LogP) is 4.32. The maximum absolute atomic E-state index is 12.4. The lowest BCUT2D eigenvalue weighted by Crippen LogP contribution is -2.32. The predicted molar refractivity (Wildman–Crippen MR) is 94.0 cm³/mol. The number of nitrogens with zero attached hydrogens (tertiary/aromatic N) is 2. The molecule has 1 saturated heterocycles. The summed E-state index contributed by atoms with van der Waals surface area (Å²) >= 11 is 1.51. The number of benzene rings is 2. The maximum Gasteiger partial charge on any atom is 0.323 e. The lowest BCUT2D eigenvalue weighted by atomic mass is 9.99. The van der Waals surface area contributed by atoms with Crippen molar-refractivity contribution in [1.82, 2.24) is 9.88 Å². The van der Waals surface area contributed by atoms with Gasteiger partial charge in [-0.2, -0.15) is 0 Å². The Labute approximate surface area is 138 Å². The molecule has 0 saturated carbocycles. The van der Waals surface area contributed by atoms with Crippen molar-refractivity contribution in [3.8, 4) is 0 Å². The van der Waals surface area contributed by atoms with Crippen molar-refractivity contribution in [1.29, 1.82) is 0 Å². The third-order valence-corrected chi connectivity index (χ3v) is 5.21. The summed E-state index contributed by atoms with van der Waals surface area (Å²) in [5.74, 6) is 0.428. The number of likely N-dealkylation sites (tertiary alicyclic amines) is 1. The molecule has 1 aromatic heterocycles. The van der Waals surface area contributed by atoms with E-state index in [4.69, 9.17) is 0 Å². The van der Waals surface area contributed by atoms with E-state index in [0.717, 1.165) is 29.7 Å². The van der Waals surface area contributed by atoms with Gasteiger partial charge in [0.25, 0.3) is 0 Å². The molecule has 5 heteroatoms. The number of para-hydroxylation sites is 1. The first kappa shape index (κ1) is 14.2. The highest BCUT2D eigenvalue weighted by molar-refractivity contribution is 7.22. The van der Waals surface area contributed by atoms with Crippen LogP contribution in [-0.4, -0.2) is 29.0 Å². The van der Waals surface area contributed by atoms with Crippen LogP contribution in [0.5, 0.6) is 0 Å². The molecule has 4 rings (SSSR count). The molecule has 0 spiro atoms. The van der Waals surface area contributed by atoms with Gasteiger partial charge in [-0.15, -0.1) is 0 Å². The Balaban J connectivity index is 1.43. The molecule has 1 atom stereocenters. The minimum Gasteiger partial charge on any atom is -0.324 e. The highest BCUT2D eigenvalue weighted by atomic mass is 32.1. The number of amides is 2. The van der Waals surface area contributed by atoms with Crippen LogP contribution in [0.15, 0.2) is 54.6 Å². The monoisotopic (exact) mass is 323 g/mol. The highest BCUT2D eigenvalue weighted by Crippen LogP contribution is 2.29. The summed E-state index contributed by atoms with van der Waals surface area (Å²) in [6.45, 7) is 1.55. The van der Waals surface area contributed by atoms with Crippen LogP contribution >= 0.6 is 11.3 Å². The van der Waals surface area contributed by atoms with Gasteiger partial charge >= 0.3 is 6.03 Å². The zero-order chi connectivity index (χ0) is 15.6. The largest absolute Gasteiger partial charge is 0.324 e. The molecule has 2 amide bonds. The smallest absolute Gasteiger partial charge is 0.323 e. The number of thiazole rings is 1. The molecule has 1 aliphatic heterocycles. The molecule has 1 aliphatic rings. The normalized spacial score (nSPS) is 17.6. The Bertz CT molecular complexity index is 797. The molecule has 3 aromatic rings. The first-order valence-electron chi connectivity index (χ1n) is 7.76. The van der Waals surface area contributed by atoms with Crippen molar-refractivity contribution in [2.24, 2.45) is 0 Å². The van der Waals surface area contributed by atoms with Gasteiger partial charge in [0.1, 0.15) is 0 Å². The molecule has 0 unspecified atom stereocenters. The van der Waals surface area contributed by atoms with Gasteiger partial charge in [-0.3, -0.25) is 5.32 Å². The highest BCUT2D eigenvalue weighted by Gasteiger charge is 2.27. The Kier molecular flexibility index (Phi) is 3.71. The van der Waals surface area contributed by atoms with E-state index in [2.05, 4.69) is 34.6 Å². The van der Waals surface area contributed by atoms with E-state index >= 15 is 0 Å². The maximum atomic E-state index is 12.4. The number of carbonyl (C=O) groups excluding carboxylic acids is 1. The molecule has 4 nitrogen and oxygen atoms in total. The van der Waals surface area contributed by atoms with Gasteiger partial charge in [0, 0.05) is 19.0 Å². The van der Waals surface area contributed by atoms with E-state index < -0.39 is 0 Å². The van der Waals surface area contributed by atoms with Crippen molar-refractivity contribution in [3.63, 3.8) is 0 Å². The Morgan fingerprint density at radius 1 is 1.13 bits per heavy atom. The molecule has 0 aliphatic carbocycles. The fourth-order valence-corrected chi connectivity index (χ4v) is 3.89. The third kappa shape index (κ3) is 2.92. The lowest BCUT2D eigenvalue weighted by Gasteiger charge is -2.16. The molecule has 2 heterocycles. The Morgan fingerprint density at radius 2 is 1.91 bits per heavy atom. The van der Waals surface area contributed by atoms with Crippen LogP contribution in [0.2, 0.25) is 0 Å². The van der Waals surface area contributed by atoms with Gasteiger partial charge in [0.15, 0.2) is 5.13 Å². The molecule has 116 valence electrons. The molecular weight excluding hydrogens is 306 g/mol. The minimum atomic E-state index is -0.0533. The number of hydrogen-bond acceptors (Lipinski definition) is 3. The summed E-state index contributed by atoms with van der Waals surface area (Å²) in [4.78, 5) is 18.8. The second-order valence-electron chi connectivity index (χ2n) is 5.76. The molecule has 23 heavy (non-hydrogen) atoms. The number of carbonyl (C=O) groups is 1. The van der Waals surface area contributed by atoms with Crippen LogP contribution in [-0.2, 0) is 0 Å². The number of aromatic nitrogens is 1. The van der Waals surface area contributed by atoms with Gasteiger partial charge in [-0.1, -0.05) is 53.8 Å². The van der Waals surface area contributed by atoms with Gasteiger partial charge < -0.3 is 4.90 Å². The molecule has 1 fully saturated rings. The molecule has 0 radical (unpaired) electrons. The van der Waals surface area contributed by atoms with Gasteiger partial charge in [-0.25, -0.2) is 9.78 Å². The van der Waals surface area contributed by atoms with E-state index in [1.54, 1.807) is 0 Å². The van der Waals surface area contributed by atoms with E-state index in [0.29, 0.717) is 11.0 Å². The fourth-order valence-electron chi connectivity index (χ4n) is 3.04. The zero-order valence-electron chi connectivity index (χ0n) is 12.6. The van der Waals surface area contributed by atoms with Crippen LogP contribution in [0, 0.1) is 0 Å². The van der Waals surface area contributed by atoms with Crippen LogP contribution < -0.4 is 5.32 Å². The first-order chi connectivity index (χ1) is 11.3. The summed E-state index contributed by atoms with van der Waals surface area (Å²) in [6.07, 6.45) is 1.01. The average Bonchev–Trinajstić information content (AvgIpc) is 3.22. The number of rotatable bonds is 2. The number of nitrogens with one attached hydrogen (secondary N) is 1. The topological polar surface area (TPSA) is 45.2 Å². The summed E-state index contributed by atoms with van der Waals surface area (Å²) in [5, 5.41) is 3.61. The zero-order valence-corrected chi connectivity index (χ0v) is 13.4. The Hall–Kier alpha value is -2.40. The quantitative estimate of drug-likeness (QED) is 0.763. The van der Waals surface area contributed by atoms with E-state index in [1.807, 2.05) is 35.2 Å². The average molecular weight is 323 g/mol. The van der Waals surface area contributed by atoms with E-state index in [-0.39, 0.29) is 6.03 Å². The summed E-state index contributed by atoms with van der Waals surface area (Å²) in [7, 11) is 0. The van der Waals surface area contributed by atoms with E-state index in [9.17, 15) is 4.79 Å². The summed E-state index contributed by atoms with van der Waals surface area (Å²) < 4.78 is 1.09. The van der Waals surface area contributed by atoms with Crippen LogP contribution in [0.4, 0.5) is 9.93 Å². The van der Waals surface area contributed by atoms with Gasteiger partial charge in [0.05, 0.1) is 10.2 Å². The van der Waals surface area contributed by atoms with Crippen molar-refractivity contribution in [3.05, 3.63) is 60.2 Å². The second kappa shape index (κ2) is 6.01. The molecular formula is C18H17N3OS. The standard InChI is InChI=1S/C18H17N3OS/c22-18(20-17-19-15-8-4-5-9-16(15)23-17)21-11-10-14(12-21)13-6-2-1-3-7-13/h1-9,14H,10-12H2,(H,19,20,22)/t14-/m0/s1. The third-order valence-electron chi connectivity index (χ3n) is 4.25. The molecule has 0 bridgehead atoms. The minimum absolute atomic E-state index is 0.0533. The Morgan fingerprint density at radius 3 is 2.74 bits per heavy atom. The number of urea groups is 1. The van der Waals surface area contributed by atoms with E-state index in [1.165, 1.54) is 16.9 Å². The SMILES string of the molecule is O=C(Nc1nc2ccccc2s1)N1CC[C@H](c2ccccc2)C1. The van der Waals surface area contributed by atoms with Crippen molar-refractivity contribution in [2.45, 2.75) is 12.3 Å². The number of anilines is 1. The van der Waals surface area contributed by atoms with Crippen molar-refractivity contribution < 1.29 is 4.79 Å². The lowest BCUT2D eigenvalue weighted by molar-refractivity contribution is 0.222. The molecule has 1 N–H and O–H groups in total.